The van der Waals surface area contributed by atoms with Crippen LogP contribution in [0.3, 0.4) is 0 Å². The number of aryl methyl sites for hydroxylation is 4. The van der Waals surface area contributed by atoms with E-state index in [1.807, 2.05) is 72.8 Å². The van der Waals surface area contributed by atoms with Crippen molar-refractivity contribution in [1.29, 1.82) is 0 Å². The zero-order valence-electron chi connectivity index (χ0n) is 51.2. The van der Waals surface area contributed by atoms with Crippen LogP contribution in [0.4, 0.5) is 81.4 Å². The number of hydrogen-bond donors (Lipinski definition) is 0. The average molecular weight is 1180 g/mol. The minimum absolute atomic E-state index is 0.122. The second-order valence-electron chi connectivity index (χ2n) is 23.0. The highest BCUT2D eigenvalue weighted by Gasteiger charge is 2.53. The Hall–Kier alpha value is -10.9. The molecule has 0 aliphatic heterocycles. The van der Waals surface area contributed by atoms with Gasteiger partial charge < -0.3 is 19.6 Å². The largest absolute Gasteiger partial charge is 0.402 e. The highest BCUT2D eigenvalue weighted by molar-refractivity contribution is 5.86. The van der Waals surface area contributed by atoms with Crippen LogP contribution in [0.15, 0.2) is 304 Å². The summed E-state index contributed by atoms with van der Waals surface area (Å²) in [5, 5.41) is 0. The molecule has 12 rings (SSSR count). The van der Waals surface area contributed by atoms with E-state index in [9.17, 15) is 0 Å². The van der Waals surface area contributed by atoms with Crippen molar-refractivity contribution < 1.29 is 13.2 Å². The minimum Gasteiger partial charge on any atom is -0.310 e. The van der Waals surface area contributed by atoms with Gasteiger partial charge in [0.25, 0.3) is 0 Å². The Morgan fingerprint density at radius 3 is 0.667 bits per heavy atom. The third-order valence-corrected chi connectivity index (χ3v) is 17.3. The lowest BCUT2D eigenvalue weighted by atomic mass is 9.75. The van der Waals surface area contributed by atoms with E-state index < -0.39 is 11.6 Å². The van der Waals surface area contributed by atoms with Crippen molar-refractivity contribution in [1.82, 2.24) is 0 Å². The summed E-state index contributed by atoms with van der Waals surface area (Å²) in [6.45, 7) is 17.7. The van der Waals surface area contributed by atoms with Crippen molar-refractivity contribution in [3.63, 3.8) is 0 Å². The third-order valence-electron chi connectivity index (χ3n) is 17.3. The Labute approximate surface area is 527 Å². The molecule has 0 aliphatic carbocycles. The topological polar surface area (TPSA) is 13.0 Å². The van der Waals surface area contributed by atoms with Crippen LogP contribution >= 0.6 is 0 Å². The van der Waals surface area contributed by atoms with E-state index in [1.165, 1.54) is 6.92 Å². The van der Waals surface area contributed by atoms with Crippen LogP contribution in [0.25, 0.3) is 34.4 Å². The Balaban J connectivity index is 0.851. The molecule has 0 unspecified atom stereocenters. The average Bonchev–Trinajstić information content (AvgIpc) is 0.813. The van der Waals surface area contributed by atoms with Crippen molar-refractivity contribution in [2.24, 2.45) is 0 Å². The van der Waals surface area contributed by atoms with Gasteiger partial charge >= 0.3 is 6.18 Å². The molecule has 4 nitrogen and oxygen atoms in total. The van der Waals surface area contributed by atoms with Crippen molar-refractivity contribution in [3.05, 3.63) is 349 Å². The first-order valence-corrected chi connectivity index (χ1v) is 30.3. The fourth-order valence-electron chi connectivity index (χ4n) is 12.4. The predicted octanol–water partition coefficient (Wildman–Crippen LogP) is 24.3. The molecule has 0 N–H and O–H groups in total. The molecule has 0 bridgehead atoms. The molecule has 12 aromatic rings. The van der Waals surface area contributed by atoms with E-state index in [-0.39, 0.29) is 11.1 Å². The fraction of sp³-hybridized carbons (Fsp3) is 0.0843. The van der Waals surface area contributed by atoms with E-state index in [1.54, 1.807) is 60.7 Å². The maximum atomic E-state index is 16.1. The second kappa shape index (κ2) is 25.4. The minimum atomic E-state index is -4.66. The van der Waals surface area contributed by atoms with Crippen LogP contribution in [0.2, 0.25) is 0 Å². The summed E-state index contributed by atoms with van der Waals surface area (Å²) in [6, 6.07) is 97.1. The lowest BCUT2D eigenvalue weighted by Gasteiger charge is -2.34. The van der Waals surface area contributed by atoms with Gasteiger partial charge in [0.15, 0.2) is 0 Å². The molecule has 0 aromatic heterocycles. The summed E-state index contributed by atoms with van der Waals surface area (Å²) in [4.78, 5) is 8.70. The van der Waals surface area contributed by atoms with Gasteiger partial charge in [-0.1, -0.05) is 171 Å². The molecule has 7 heteroatoms. The monoisotopic (exact) mass is 1180 g/mol. The van der Waals surface area contributed by atoms with Crippen molar-refractivity contribution in [3.8, 4) is 22.3 Å². The van der Waals surface area contributed by atoms with E-state index >= 15 is 13.2 Å². The van der Waals surface area contributed by atoms with Gasteiger partial charge in [-0.2, -0.15) is 13.2 Å². The number of benzene rings is 12. The zero-order chi connectivity index (χ0) is 62.5. The van der Waals surface area contributed by atoms with Crippen molar-refractivity contribution >= 4 is 80.4 Å². The first-order chi connectivity index (χ1) is 43.7. The number of rotatable bonds is 18. The van der Waals surface area contributed by atoms with E-state index in [2.05, 4.69) is 230 Å². The van der Waals surface area contributed by atoms with Gasteiger partial charge in [-0.05, 0) is 247 Å². The smallest absolute Gasteiger partial charge is 0.310 e. The Bertz CT molecular complexity index is 4110. The zero-order valence-corrected chi connectivity index (χ0v) is 51.2. The molecule has 0 heterocycles. The van der Waals surface area contributed by atoms with Gasteiger partial charge in [0, 0.05) is 68.2 Å². The first-order valence-electron chi connectivity index (χ1n) is 30.3. The standard InChI is InChI=1S/C83H69F3N4/c1-8-62-30-38-70(39-31-62)89(76-48-52-80(60(5)56-76)78-50-46-74(54-58(78)3)87(66-22-14-10-15-23-66)67-24-16-11-17-25-67)72-42-34-64(35-43-72)82(7,83(84,85)86)65-36-44-73(45-37-65)90(71-40-32-63(9-2)33-41-71)77-49-53-81(61(6)57-77)79-51-47-75(55-59(79)4)88(68-26-18-12-19-27-68)69-28-20-13-21-29-69/h8-57H,1-2H2,3-7H3. The summed E-state index contributed by atoms with van der Waals surface area (Å²) in [5.41, 5.74) is 19.7. The first kappa shape index (κ1) is 59.4. The van der Waals surface area contributed by atoms with E-state index in [4.69, 9.17) is 0 Å². The maximum absolute atomic E-state index is 16.1. The van der Waals surface area contributed by atoms with Gasteiger partial charge in [0.05, 0.1) is 0 Å². The van der Waals surface area contributed by atoms with Gasteiger partial charge in [-0.15, -0.1) is 0 Å². The molecule has 0 radical (unpaired) electrons. The number of alkyl halides is 3. The summed E-state index contributed by atoms with van der Waals surface area (Å²) in [7, 11) is 0. The molecule has 0 spiro atoms. The Kier molecular flexibility index (Phi) is 16.8. The summed E-state index contributed by atoms with van der Waals surface area (Å²) >= 11 is 0. The van der Waals surface area contributed by atoms with Gasteiger partial charge in [0.2, 0.25) is 0 Å². The maximum Gasteiger partial charge on any atom is 0.402 e. The Morgan fingerprint density at radius 2 is 0.467 bits per heavy atom. The molecule has 0 atom stereocenters. The quantitative estimate of drug-likeness (QED) is 0.0849. The lowest BCUT2D eigenvalue weighted by molar-refractivity contribution is -0.173. The SMILES string of the molecule is C=Cc1ccc(N(c2ccc(C(C)(c3ccc(N(c4ccc(C=C)cc4)c4ccc(-c5ccc(N(c6ccccc6)c6ccccc6)cc5C)c(C)c4)cc3)C(F)(F)F)cc2)c2ccc(-c3ccc(N(c4ccccc4)c4ccccc4)cc3C)c(C)c2)cc1. The summed E-state index contributed by atoms with van der Waals surface area (Å²) in [6.07, 6.45) is -1.07. The highest BCUT2D eigenvalue weighted by atomic mass is 19.4. The molecule has 0 aliphatic rings. The number of hydrogen-bond acceptors (Lipinski definition) is 4. The molecule has 12 aromatic carbocycles. The molecule has 0 saturated heterocycles. The molecule has 0 amide bonds. The van der Waals surface area contributed by atoms with Crippen LogP contribution in [0.1, 0.15) is 51.4 Å². The number of nitrogens with zero attached hydrogens (tertiary/aromatic N) is 4. The third kappa shape index (κ3) is 11.9. The van der Waals surface area contributed by atoms with Gasteiger partial charge in [-0.25, -0.2) is 0 Å². The number of halogens is 3. The van der Waals surface area contributed by atoms with Gasteiger partial charge in [-0.3, -0.25) is 0 Å². The Morgan fingerprint density at radius 1 is 0.267 bits per heavy atom. The van der Waals surface area contributed by atoms with Crippen LogP contribution in [0, 0.1) is 27.7 Å². The summed E-state index contributed by atoms with van der Waals surface area (Å²) < 4.78 is 48.3. The molecule has 90 heavy (non-hydrogen) atoms. The molecule has 0 fully saturated rings. The summed E-state index contributed by atoms with van der Waals surface area (Å²) in [5.74, 6) is 0. The number of para-hydroxylation sites is 4. The number of anilines is 12. The molecular formula is C83H69F3N4. The van der Waals surface area contributed by atoms with Gasteiger partial charge in [0.1, 0.15) is 5.41 Å². The lowest BCUT2D eigenvalue weighted by Crippen LogP contribution is -2.40. The second-order valence-corrected chi connectivity index (χ2v) is 23.0. The molecular weight excluding hydrogens is 1110 g/mol. The van der Waals surface area contributed by atoms with E-state index in [0.29, 0.717) is 11.4 Å². The molecule has 0 saturated carbocycles. The van der Waals surface area contributed by atoms with Crippen LogP contribution < -0.4 is 19.6 Å². The highest BCUT2D eigenvalue weighted by Crippen LogP contribution is 2.49. The van der Waals surface area contributed by atoms with Crippen molar-refractivity contribution in [2.45, 2.75) is 46.2 Å². The van der Waals surface area contributed by atoms with Crippen LogP contribution in [0.5, 0.6) is 0 Å². The normalized spacial score (nSPS) is 11.4. The van der Waals surface area contributed by atoms with E-state index in [0.717, 1.165) is 113 Å². The van der Waals surface area contributed by atoms with Crippen LogP contribution in [-0.2, 0) is 5.41 Å². The molecule has 442 valence electrons. The predicted molar refractivity (Wildman–Crippen MR) is 374 cm³/mol. The van der Waals surface area contributed by atoms with Crippen LogP contribution in [-0.4, -0.2) is 6.18 Å². The fourth-order valence-corrected chi connectivity index (χ4v) is 12.4. The van der Waals surface area contributed by atoms with Crippen molar-refractivity contribution in [2.75, 3.05) is 19.6 Å².